The average Bonchev–Trinajstić information content (AvgIpc) is 2.91. The molecule has 0 amide bonds. The summed E-state index contributed by atoms with van der Waals surface area (Å²) in [5.41, 5.74) is 6.70. The number of aryl methyl sites for hydroxylation is 3. The fourth-order valence-corrected chi connectivity index (χ4v) is 4.92. The summed E-state index contributed by atoms with van der Waals surface area (Å²) < 4.78 is 3.50. The van der Waals surface area contributed by atoms with Gasteiger partial charge in [0.2, 0.25) is 5.36 Å². The minimum Gasteiger partial charge on any atom is -0.623 e. The van der Waals surface area contributed by atoms with Crippen LogP contribution in [0.5, 0.6) is 0 Å². The molecule has 5 heteroatoms. The zero-order valence-electron chi connectivity index (χ0n) is 20.9. The molecule has 0 aliphatic heterocycles. The van der Waals surface area contributed by atoms with Crippen molar-refractivity contribution in [1.82, 2.24) is 19.6 Å². The van der Waals surface area contributed by atoms with Gasteiger partial charge in [0, 0.05) is 19.3 Å². The van der Waals surface area contributed by atoms with E-state index in [1.807, 2.05) is 30.3 Å². The van der Waals surface area contributed by atoms with Crippen LogP contribution in [0.15, 0.2) is 91.1 Å². The molecule has 2 aromatic heterocycles. The molecule has 5 nitrogen and oxygen atoms in total. The van der Waals surface area contributed by atoms with E-state index < -0.39 is 0 Å². The molecule has 3 aromatic carbocycles. The molecular weight excluding hydrogens is 444 g/mol. The van der Waals surface area contributed by atoms with Crippen LogP contribution >= 0.6 is 0 Å². The standard InChI is InChI=1S/C31H32N4O/c1-23-16-17-28-30(24(23)2)34(20-10-18-32-21-25-11-4-3-5-12-25)29-15-7-6-14-27(29)31(28)35(36)22-26-13-8-9-19-33-26/h3-9,11-17,19,32H,10,18,20-22H2,1-2H3/b35-31+. The molecule has 0 aliphatic carbocycles. The van der Waals surface area contributed by atoms with Crippen molar-refractivity contribution in [2.24, 2.45) is 0 Å². The van der Waals surface area contributed by atoms with Crippen LogP contribution < -0.4 is 15.4 Å². The van der Waals surface area contributed by atoms with Crippen molar-refractivity contribution in [3.63, 3.8) is 0 Å². The number of pyridine rings is 2. The summed E-state index contributed by atoms with van der Waals surface area (Å²) in [7, 11) is 0. The van der Waals surface area contributed by atoms with Crippen molar-refractivity contribution in [3.8, 4) is 0 Å². The number of hydrogen-bond donors (Lipinski definition) is 1. The first kappa shape index (κ1) is 23.8. The second-order valence-electron chi connectivity index (χ2n) is 9.29. The van der Waals surface area contributed by atoms with E-state index in [0.29, 0.717) is 5.36 Å². The Labute approximate surface area is 212 Å². The van der Waals surface area contributed by atoms with Gasteiger partial charge in [0.1, 0.15) is 5.69 Å². The number of rotatable bonds is 8. The van der Waals surface area contributed by atoms with E-state index in [0.717, 1.165) is 58.3 Å². The topological polar surface area (TPSA) is 55.9 Å². The Kier molecular flexibility index (Phi) is 7.10. The first-order chi connectivity index (χ1) is 17.6. The molecule has 0 radical (unpaired) electrons. The highest BCUT2D eigenvalue weighted by Gasteiger charge is 2.17. The van der Waals surface area contributed by atoms with Crippen LogP contribution in [0.25, 0.3) is 21.8 Å². The monoisotopic (exact) mass is 476 g/mol. The summed E-state index contributed by atoms with van der Waals surface area (Å²) in [4.78, 5) is 4.38. The number of hydrogen-bond acceptors (Lipinski definition) is 3. The molecule has 5 aromatic rings. The number of fused-ring (bicyclic) bond motifs is 2. The van der Waals surface area contributed by atoms with Gasteiger partial charge in [-0.25, -0.2) is 0 Å². The summed E-state index contributed by atoms with van der Waals surface area (Å²) in [5.74, 6) is 0. The first-order valence-electron chi connectivity index (χ1n) is 12.6. The van der Waals surface area contributed by atoms with E-state index in [-0.39, 0.29) is 6.54 Å². The Morgan fingerprint density at radius 1 is 0.861 bits per heavy atom. The van der Waals surface area contributed by atoms with Crippen LogP contribution in [0.3, 0.4) is 0 Å². The molecule has 0 fully saturated rings. The van der Waals surface area contributed by atoms with Gasteiger partial charge in [0.25, 0.3) is 0 Å². The lowest BCUT2D eigenvalue weighted by Crippen LogP contribution is -2.28. The lowest BCUT2D eigenvalue weighted by atomic mass is 10.0. The van der Waals surface area contributed by atoms with E-state index >= 15 is 0 Å². The van der Waals surface area contributed by atoms with Gasteiger partial charge in [-0.15, -0.1) is 0 Å². The van der Waals surface area contributed by atoms with Crippen molar-refractivity contribution in [1.29, 1.82) is 0 Å². The first-order valence-corrected chi connectivity index (χ1v) is 12.6. The van der Waals surface area contributed by atoms with Crippen LogP contribution in [-0.4, -0.2) is 16.1 Å². The van der Waals surface area contributed by atoms with Crippen LogP contribution in [0, 0.1) is 19.1 Å². The van der Waals surface area contributed by atoms with Gasteiger partial charge in [-0.3, -0.25) is 4.98 Å². The van der Waals surface area contributed by atoms with Gasteiger partial charge in [0.05, 0.1) is 21.8 Å². The quantitative estimate of drug-likeness (QED) is 0.140. The molecule has 182 valence electrons. The van der Waals surface area contributed by atoms with Gasteiger partial charge < -0.3 is 15.1 Å². The third kappa shape index (κ3) is 4.88. The van der Waals surface area contributed by atoms with Crippen molar-refractivity contribution in [3.05, 3.63) is 124 Å². The lowest BCUT2D eigenvalue weighted by Gasteiger charge is -2.19. The van der Waals surface area contributed by atoms with Gasteiger partial charge in [-0.2, -0.15) is 4.74 Å². The third-order valence-corrected chi connectivity index (χ3v) is 6.87. The summed E-state index contributed by atoms with van der Waals surface area (Å²) in [6.07, 6.45) is 2.72. The van der Waals surface area contributed by atoms with E-state index in [4.69, 9.17) is 0 Å². The van der Waals surface area contributed by atoms with E-state index in [2.05, 4.69) is 83.3 Å². The van der Waals surface area contributed by atoms with Crippen LogP contribution in [0.1, 0.15) is 28.8 Å². The molecular formula is C31H32N4O. The largest absolute Gasteiger partial charge is 0.623 e. The minimum absolute atomic E-state index is 0.209. The van der Waals surface area contributed by atoms with Crippen LogP contribution in [0.2, 0.25) is 0 Å². The normalized spacial score (nSPS) is 12.3. The summed E-state index contributed by atoms with van der Waals surface area (Å²) in [5, 5.41) is 19.9. The maximum absolute atomic E-state index is 13.6. The number of nitrogens with zero attached hydrogens (tertiary/aromatic N) is 3. The van der Waals surface area contributed by atoms with Crippen molar-refractivity contribution in [2.45, 2.75) is 39.9 Å². The van der Waals surface area contributed by atoms with Crippen molar-refractivity contribution < 1.29 is 0 Å². The molecule has 2 heterocycles. The summed E-state index contributed by atoms with van der Waals surface area (Å²) >= 11 is 0. The predicted molar refractivity (Wildman–Crippen MR) is 148 cm³/mol. The predicted octanol–water partition coefficient (Wildman–Crippen LogP) is 5.46. The maximum atomic E-state index is 13.6. The minimum atomic E-state index is 0.209. The van der Waals surface area contributed by atoms with E-state index in [9.17, 15) is 5.21 Å². The van der Waals surface area contributed by atoms with Gasteiger partial charge in [0.15, 0.2) is 6.54 Å². The Hall–Kier alpha value is -3.96. The molecule has 36 heavy (non-hydrogen) atoms. The number of benzene rings is 3. The van der Waals surface area contributed by atoms with Gasteiger partial charge in [-0.05, 0) is 73.8 Å². The average molecular weight is 477 g/mol. The highest BCUT2D eigenvalue weighted by atomic mass is 16.5. The smallest absolute Gasteiger partial charge is 0.230 e. The molecule has 0 saturated heterocycles. The van der Waals surface area contributed by atoms with Crippen molar-refractivity contribution in [2.75, 3.05) is 6.54 Å². The van der Waals surface area contributed by atoms with Crippen LogP contribution in [-0.2, 0) is 19.6 Å². The molecule has 5 rings (SSSR count). The number of nitrogens with one attached hydrogen (secondary N) is 1. The third-order valence-electron chi connectivity index (χ3n) is 6.87. The molecule has 0 spiro atoms. The Morgan fingerprint density at radius 2 is 1.64 bits per heavy atom. The fourth-order valence-electron chi connectivity index (χ4n) is 4.92. The Morgan fingerprint density at radius 3 is 2.44 bits per heavy atom. The number of hydroxylamine groups is 1. The molecule has 0 bridgehead atoms. The summed E-state index contributed by atoms with van der Waals surface area (Å²) in [6, 6.07) is 28.7. The zero-order chi connectivity index (χ0) is 24.9. The molecule has 1 N–H and O–H groups in total. The van der Waals surface area contributed by atoms with Gasteiger partial charge in [-0.1, -0.05) is 54.6 Å². The highest BCUT2D eigenvalue weighted by Crippen LogP contribution is 2.25. The van der Waals surface area contributed by atoms with E-state index in [1.54, 1.807) is 6.20 Å². The second-order valence-corrected chi connectivity index (χ2v) is 9.29. The number of para-hydroxylation sites is 1. The van der Waals surface area contributed by atoms with E-state index in [1.165, 1.54) is 16.7 Å². The number of aromatic nitrogens is 2. The Balaban J connectivity index is 1.57. The highest BCUT2D eigenvalue weighted by molar-refractivity contribution is 5.95. The Bertz CT molecular complexity index is 1560. The SMILES string of the molecule is Cc1ccc2/c(=[N+](/[O-])Cc3ccccn3)c3ccccc3n(CCCNCc3ccccc3)c2c1C. The molecule has 0 atom stereocenters. The van der Waals surface area contributed by atoms with Gasteiger partial charge >= 0.3 is 0 Å². The zero-order valence-corrected chi connectivity index (χ0v) is 20.9. The second kappa shape index (κ2) is 10.8. The molecule has 0 saturated carbocycles. The molecule has 0 aliphatic rings. The van der Waals surface area contributed by atoms with Crippen molar-refractivity contribution >= 4 is 21.8 Å². The fraction of sp³-hybridized carbons (Fsp3) is 0.226. The summed E-state index contributed by atoms with van der Waals surface area (Å²) in [6.45, 7) is 7.15. The maximum Gasteiger partial charge on any atom is 0.230 e. The van der Waals surface area contributed by atoms with Crippen LogP contribution in [0.4, 0.5) is 0 Å². The molecule has 0 unspecified atom stereocenters. The lowest BCUT2D eigenvalue weighted by molar-refractivity contribution is 0.596.